The highest BCUT2D eigenvalue weighted by atomic mass is 35.5. The average molecular weight is 497 g/mol. The number of benzene rings is 3. The van der Waals surface area contributed by atoms with Crippen LogP contribution in [-0.2, 0) is 0 Å². The van der Waals surface area contributed by atoms with Crippen molar-refractivity contribution in [2.24, 2.45) is 0 Å². The molecule has 0 heterocycles. The summed E-state index contributed by atoms with van der Waals surface area (Å²) in [5, 5.41) is 13.3. The molecule has 3 rings (SSSR count). The minimum atomic E-state index is -0.840. The normalized spacial score (nSPS) is 12.3. The molecule has 3 aromatic rings. The Labute approximate surface area is 200 Å². The predicted octanol–water partition coefficient (Wildman–Crippen LogP) is 6.46. The lowest BCUT2D eigenvalue weighted by Crippen LogP contribution is -2.46. The van der Waals surface area contributed by atoms with E-state index in [0.29, 0.717) is 26.2 Å². The van der Waals surface area contributed by atoms with Gasteiger partial charge in [0.1, 0.15) is 0 Å². The van der Waals surface area contributed by atoms with Crippen molar-refractivity contribution in [3.05, 3.63) is 98.2 Å². The summed E-state index contributed by atoms with van der Waals surface area (Å²) in [5.74, 6) is -1.29. The average Bonchev–Trinajstić information content (AvgIpc) is 2.74. The Morgan fingerprint density at radius 2 is 1.69 bits per heavy atom. The summed E-state index contributed by atoms with van der Waals surface area (Å²) in [5.41, 5.74) is 0.547. The summed E-state index contributed by atoms with van der Waals surface area (Å²) in [4.78, 5) is 12.4. The van der Waals surface area contributed by atoms with Gasteiger partial charge in [0.15, 0.2) is 17.7 Å². The number of nitrogens with one attached hydrogen (secondary N) is 1. The van der Waals surface area contributed by atoms with Gasteiger partial charge in [-0.3, -0.25) is 4.79 Å². The number of hydrogen-bond acceptors (Lipinski definition) is 3. The Morgan fingerprint density at radius 3 is 2.28 bits per heavy atom. The first-order chi connectivity index (χ1) is 15.1. The van der Waals surface area contributed by atoms with Gasteiger partial charge in [-0.05, 0) is 61.9 Å². The van der Waals surface area contributed by atoms with E-state index >= 15 is 0 Å². The largest absolute Gasteiger partial charge is 0.478 e. The van der Waals surface area contributed by atoms with Gasteiger partial charge >= 0.3 is 0 Å². The Kier molecular flexibility index (Phi) is 7.67. The molecule has 0 aliphatic rings. The zero-order valence-electron chi connectivity index (χ0n) is 17.3. The third-order valence-corrected chi connectivity index (χ3v) is 5.52. The molecule has 0 fully saturated rings. The Bertz CT molecular complexity index is 1120. The van der Waals surface area contributed by atoms with E-state index in [9.17, 15) is 14.3 Å². The van der Waals surface area contributed by atoms with Crippen LogP contribution in [0.5, 0.6) is 5.75 Å². The standard InChI is InChI=1S/C24H21Cl3FNO3/c1-24(2,13-30)29-23(31)15-5-10-21(20(28)11-15)32-22(14-3-6-16(25)7-4-14)18-9-8-17(26)12-19(18)27/h3-12,22,30H,13H2,1-2H3,(H,29,31). The summed E-state index contributed by atoms with van der Waals surface area (Å²) in [6, 6.07) is 15.8. The summed E-state index contributed by atoms with van der Waals surface area (Å²) < 4.78 is 20.9. The van der Waals surface area contributed by atoms with Crippen LogP contribution in [0.3, 0.4) is 0 Å². The van der Waals surface area contributed by atoms with Gasteiger partial charge < -0.3 is 15.2 Å². The molecular weight excluding hydrogens is 476 g/mol. The van der Waals surface area contributed by atoms with Crippen molar-refractivity contribution in [2.45, 2.75) is 25.5 Å². The van der Waals surface area contributed by atoms with Crippen molar-refractivity contribution in [3.63, 3.8) is 0 Å². The Hall–Kier alpha value is -2.31. The molecule has 2 N–H and O–H groups in total. The lowest BCUT2D eigenvalue weighted by molar-refractivity contribution is 0.0868. The molecule has 0 saturated heterocycles. The number of amides is 1. The highest BCUT2D eigenvalue weighted by Gasteiger charge is 2.23. The molecule has 0 aliphatic heterocycles. The summed E-state index contributed by atoms with van der Waals surface area (Å²) in [6.07, 6.45) is -0.750. The molecule has 0 spiro atoms. The minimum absolute atomic E-state index is 0.0612. The Balaban J connectivity index is 1.94. The van der Waals surface area contributed by atoms with Crippen LogP contribution in [0.15, 0.2) is 60.7 Å². The van der Waals surface area contributed by atoms with Gasteiger partial charge in [-0.15, -0.1) is 0 Å². The number of aliphatic hydroxyl groups excluding tert-OH is 1. The summed E-state index contributed by atoms with van der Waals surface area (Å²) in [7, 11) is 0. The molecule has 0 aromatic heterocycles. The van der Waals surface area contributed by atoms with E-state index in [1.165, 1.54) is 12.1 Å². The van der Waals surface area contributed by atoms with Gasteiger partial charge in [-0.2, -0.15) is 0 Å². The van der Waals surface area contributed by atoms with E-state index in [-0.39, 0.29) is 17.9 Å². The van der Waals surface area contributed by atoms with E-state index in [0.717, 1.165) is 6.07 Å². The van der Waals surface area contributed by atoms with Crippen molar-refractivity contribution in [1.29, 1.82) is 0 Å². The van der Waals surface area contributed by atoms with E-state index in [1.54, 1.807) is 56.3 Å². The van der Waals surface area contributed by atoms with E-state index in [4.69, 9.17) is 39.5 Å². The molecule has 32 heavy (non-hydrogen) atoms. The highest BCUT2D eigenvalue weighted by Crippen LogP contribution is 2.35. The van der Waals surface area contributed by atoms with Gasteiger partial charge in [-0.1, -0.05) is 53.0 Å². The van der Waals surface area contributed by atoms with Crippen molar-refractivity contribution in [2.75, 3.05) is 6.61 Å². The predicted molar refractivity (Wildman–Crippen MR) is 125 cm³/mol. The molecule has 168 valence electrons. The monoisotopic (exact) mass is 495 g/mol. The van der Waals surface area contributed by atoms with Crippen LogP contribution in [0, 0.1) is 5.82 Å². The van der Waals surface area contributed by atoms with Crippen molar-refractivity contribution < 1.29 is 19.0 Å². The molecule has 3 aromatic carbocycles. The van der Waals surface area contributed by atoms with Crippen LogP contribution in [0.1, 0.15) is 41.4 Å². The molecule has 1 atom stereocenters. The number of aliphatic hydroxyl groups is 1. The van der Waals surface area contributed by atoms with E-state index in [1.807, 2.05) is 0 Å². The van der Waals surface area contributed by atoms with E-state index in [2.05, 4.69) is 5.32 Å². The zero-order valence-corrected chi connectivity index (χ0v) is 19.6. The van der Waals surface area contributed by atoms with Crippen molar-refractivity contribution in [3.8, 4) is 5.75 Å². The lowest BCUT2D eigenvalue weighted by atomic mass is 10.0. The first kappa shape index (κ1) is 24.3. The smallest absolute Gasteiger partial charge is 0.251 e. The second-order valence-corrected chi connectivity index (χ2v) is 9.14. The van der Waals surface area contributed by atoms with Crippen LogP contribution in [0.25, 0.3) is 0 Å². The first-order valence-electron chi connectivity index (χ1n) is 9.69. The maximum absolute atomic E-state index is 14.9. The summed E-state index contributed by atoms with van der Waals surface area (Å²) in [6.45, 7) is 3.06. The van der Waals surface area contributed by atoms with Crippen LogP contribution in [0.4, 0.5) is 4.39 Å². The van der Waals surface area contributed by atoms with Crippen LogP contribution in [-0.4, -0.2) is 23.2 Å². The zero-order chi connectivity index (χ0) is 23.5. The molecule has 0 aliphatic carbocycles. The fourth-order valence-corrected chi connectivity index (χ4v) is 3.58. The second-order valence-electron chi connectivity index (χ2n) is 7.86. The number of ether oxygens (including phenoxy) is 1. The third-order valence-electron chi connectivity index (χ3n) is 4.70. The van der Waals surface area contributed by atoms with E-state index < -0.39 is 23.4 Å². The minimum Gasteiger partial charge on any atom is -0.478 e. The molecule has 0 bridgehead atoms. The van der Waals surface area contributed by atoms with Gasteiger partial charge in [0.2, 0.25) is 0 Å². The van der Waals surface area contributed by atoms with Crippen LogP contribution < -0.4 is 10.1 Å². The second kappa shape index (κ2) is 10.1. The molecule has 0 saturated carbocycles. The van der Waals surface area contributed by atoms with Crippen molar-refractivity contribution in [1.82, 2.24) is 5.32 Å². The number of carbonyl (C=O) groups is 1. The molecule has 1 amide bonds. The third kappa shape index (κ3) is 5.93. The van der Waals surface area contributed by atoms with Gasteiger partial charge in [0.05, 0.1) is 12.1 Å². The fourth-order valence-electron chi connectivity index (χ4n) is 2.95. The lowest BCUT2D eigenvalue weighted by Gasteiger charge is -2.24. The van der Waals surface area contributed by atoms with Crippen LogP contribution in [0.2, 0.25) is 15.1 Å². The number of rotatable bonds is 7. The molecular formula is C24H21Cl3FNO3. The Morgan fingerprint density at radius 1 is 1.03 bits per heavy atom. The molecule has 4 nitrogen and oxygen atoms in total. The SMILES string of the molecule is CC(C)(CO)NC(=O)c1ccc(OC(c2ccc(Cl)cc2)c2ccc(Cl)cc2Cl)c(F)c1. The van der Waals surface area contributed by atoms with Gasteiger partial charge in [0, 0.05) is 26.2 Å². The quantitative estimate of drug-likeness (QED) is 0.395. The number of hydrogen-bond donors (Lipinski definition) is 2. The topological polar surface area (TPSA) is 58.6 Å². The van der Waals surface area contributed by atoms with Crippen molar-refractivity contribution >= 4 is 40.7 Å². The maximum Gasteiger partial charge on any atom is 0.251 e. The fraction of sp³-hybridized carbons (Fsp3) is 0.208. The molecule has 8 heteroatoms. The molecule has 1 unspecified atom stereocenters. The number of halogens is 4. The van der Waals surface area contributed by atoms with Crippen LogP contribution >= 0.6 is 34.8 Å². The van der Waals surface area contributed by atoms with Gasteiger partial charge in [-0.25, -0.2) is 4.39 Å². The highest BCUT2D eigenvalue weighted by molar-refractivity contribution is 6.35. The number of carbonyl (C=O) groups excluding carboxylic acids is 1. The maximum atomic E-state index is 14.9. The first-order valence-corrected chi connectivity index (χ1v) is 10.8. The molecule has 0 radical (unpaired) electrons. The summed E-state index contributed by atoms with van der Waals surface area (Å²) >= 11 is 18.4. The van der Waals surface area contributed by atoms with Gasteiger partial charge in [0.25, 0.3) is 5.91 Å².